The number of benzene rings is 1. The molecule has 0 saturated heterocycles. The van der Waals surface area contributed by atoms with Gasteiger partial charge in [-0.15, -0.1) is 0 Å². The Morgan fingerprint density at radius 3 is 3.00 bits per heavy atom. The van der Waals surface area contributed by atoms with E-state index in [1.54, 1.807) is 14.2 Å². The summed E-state index contributed by atoms with van der Waals surface area (Å²) in [6, 6.07) is 6.23. The fraction of sp³-hybridized carbons (Fsp3) is 0.500. The van der Waals surface area contributed by atoms with Gasteiger partial charge in [-0.05, 0) is 11.6 Å². The van der Waals surface area contributed by atoms with E-state index >= 15 is 0 Å². The predicted molar refractivity (Wildman–Crippen MR) is 59.3 cm³/mol. The maximum atomic E-state index is 5.36. The van der Waals surface area contributed by atoms with Gasteiger partial charge in [-0.3, -0.25) is 0 Å². The minimum Gasteiger partial charge on any atom is -0.496 e. The number of hydrogen-bond donors (Lipinski definition) is 1. The molecule has 1 atom stereocenters. The van der Waals surface area contributed by atoms with Crippen molar-refractivity contribution in [2.75, 3.05) is 27.4 Å². The van der Waals surface area contributed by atoms with Crippen LogP contribution in [0.4, 0.5) is 0 Å². The second-order valence-electron chi connectivity index (χ2n) is 3.81. The average Bonchev–Trinajstić information content (AvgIpc) is 2.29. The molecule has 1 unspecified atom stereocenters. The average molecular weight is 207 g/mol. The van der Waals surface area contributed by atoms with Gasteiger partial charge in [-0.25, -0.2) is 0 Å². The van der Waals surface area contributed by atoms with E-state index in [1.165, 1.54) is 11.1 Å². The minimum absolute atomic E-state index is 0.439. The monoisotopic (exact) mass is 207 g/mol. The summed E-state index contributed by atoms with van der Waals surface area (Å²) in [5, 5.41) is 3.39. The second-order valence-corrected chi connectivity index (χ2v) is 3.81. The van der Waals surface area contributed by atoms with Crippen LogP contribution in [0.25, 0.3) is 0 Å². The zero-order valence-corrected chi connectivity index (χ0v) is 9.25. The molecule has 3 nitrogen and oxygen atoms in total. The van der Waals surface area contributed by atoms with Gasteiger partial charge in [0.1, 0.15) is 5.75 Å². The van der Waals surface area contributed by atoms with Gasteiger partial charge in [0.25, 0.3) is 0 Å². The number of ether oxygens (including phenoxy) is 2. The summed E-state index contributed by atoms with van der Waals surface area (Å²) in [6.45, 7) is 2.63. The highest BCUT2D eigenvalue weighted by Crippen LogP contribution is 2.30. The maximum absolute atomic E-state index is 5.36. The highest BCUT2D eigenvalue weighted by Gasteiger charge is 2.21. The van der Waals surface area contributed by atoms with Crippen molar-refractivity contribution in [3.05, 3.63) is 29.3 Å². The molecule has 1 aromatic rings. The Morgan fingerprint density at radius 1 is 1.40 bits per heavy atom. The van der Waals surface area contributed by atoms with Crippen molar-refractivity contribution in [2.45, 2.75) is 12.5 Å². The van der Waals surface area contributed by atoms with Crippen LogP contribution in [0.3, 0.4) is 0 Å². The molecule has 0 fully saturated rings. The van der Waals surface area contributed by atoms with Crippen molar-refractivity contribution in [1.82, 2.24) is 5.32 Å². The van der Waals surface area contributed by atoms with Gasteiger partial charge in [-0.2, -0.15) is 0 Å². The molecule has 1 heterocycles. The molecule has 0 aliphatic carbocycles. The lowest BCUT2D eigenvalue weighted by Crippen LogP contribution is -2.30. The van der Waals surface area contributed by atoms with Crippen LogP contribution >= 0.6 is 0 Å². The summed E-state index contributed by atoms with van der Waals surface area (Å²) < 4.78 is 10.6. The quantitative estimate of drug-likeness (QED) is 0.815. The summed E-state index contributed by atoms with van der Waals surface area (Å²) in [7, 11) is 3.46. The molecule has 1 aliphatic rings. The second kappa shape index (κ2) is 4.64. The van der Waals surface area contributed by atoms with Crippen molar-refractivity contribution in [2.24, 2.45) is 0 Å². The third-order valence-corrected chi connectivity index (χ3v) is 2.89. The van der Waals surface area contributed by atoms with E-state index in [0.29, 0.717) is 5.92 Å². The van der Waals surface area contributed by atoms with Crippen molar-refractivity contribution < 1.29 is 9.47 Å². The summed E-state index contributed by atoms with van der Waals surface area (Å²) in [4.78, 5) is 0. The van der Waals surface area contributed by atoms with Crippen LogP contribution < -0.4 is 10.1 Å². The lowest BCUT2D eigenvalue weighted by molar-refractivity contribution is 0.174. The first kappa shape index (κ1) is 10.5. The van der Waals surface area contributed by atoms with Crippen molar-refractivity contribution in [1.29, 1.82) is 0 Å². The van der Waals surface area contributed by atoms with Crippen LogP contribution in [-0.4, -0.2) is 27.4 Å². The molecule has 1 aromatic carbocycles. The Balaban J connectivity index is 2.35. The lowest BCUT2D eigenvalue weighted by Gasteiger charge is -2.27. The third-order valence-electron chi connectivity index (χ3n) is 2.89. The van der Waals surface area contributed by atoms with E-state index in [9.17, 15) is 0 Å². The molecular formula is C12H17NO2. The normalized spacial score (nSPS) is 19.7. The fourth-order valence-corrected chi connectivity index (χ4v) is 2.18. The third kappa shape index (κ3) is 1.98. The zero-order valence-electron chi connectivity index (χ0n) is 9.25. The molecule has 0 spiro atoms. The van der Waals surface area contributed by atoms with Crippen molar-refractivity contribution >= 4 is 0 Å². The van der Waals surface area contributed by atoms with Crippen LogP contribution in [0, 0.1) is 0 Å². The van der Waals surface area contributed by atoms with Gasteiger partial charge in [0, 0.05) is 31.7 Å². The molecule has 82 valence electrons. The Labute approximate surface area is 90.4 Å². The summed E-state index contributed by atoms with van der Waals surface area (Å²) >= 11 is 0. The van der Waals surface area contributed by atoms with Crippen LogP contribution in [0.15, 0.2) is 18.2 Å². The van der Waals surface area contributed by atoms with E-state index in [-0.39, 0.29) is 0 Å². The fourth-order valence-electron chi connectivity index (χ4n) is 2.18. The highest BCUT2D eigenvalue weighted by atomic mass is 16.5. The predicted octanol–water partition coefficient (Wildman–Crippen LogP) is 1.53. The standard InChI is InChI=1S/C12H17NO2/c1-14-8-9-6-13-7-11-10(9)4-3-5-12(11)15-2/h3-5,9,13H,6-8H2,1-2H3. The van der Waals surface area contributed by atoms with Gasteiger partial charge in [0.05, 0.1) is 13.7 Å². The van der Waals surface area contributed by atoms with E-state index in [4.69, 9.17) is 9.47 Å². The molecule has 0 amide bonds. The van der Waals surface area contributed by atoms with Gasteiger partial charge in [0.2, 0.25) is 0 Å². The smallest absolute Gasteiger partial charge is 0.123 e. The molecule has 3 heteroatoms. The van der Waals surface area contributed by atoms with Gasteiger partial charge in [0.15, 0.2) is 0 Å². The Hall–Kier alpha value is -1.06. The van der Waals surface area contributed by atoms with Gasteiger partial charge >= 0.3 is 0 Å². The number of hydrogen-bond acceptors (Lipinski definition) is 3. The number of methoxy groups -OCH3 is 2. The molecule has 0 aromatic heterocycles. The van der Waals surface area contributed by atoms with Crippen LogP contribution in [-0.2, 0) is 11.3 Å². The maximum Gasteiger partial charge on any atom is 0.123 e. The zero-order chi connectivity index (χ0) is 10.7. The molecule has 0 bridgehead atoms. The number of nitrogens with one attached hydrogen (secondary N) is 1. The SMILES string of the molecule is COCC1CNCc2c(OC)cccc21. The van der Waals surface area contributed by atoms with Crippen LogP contribution in [0.1, 0.15) is 17.0 Å². The first-order valence-electron chi connectivity index (χ1n) is 5.22. The Bertz CT molecular complexity index is 338. The Morgan fingerprint density at radius 2 is 2.27 bits per heavy atom. The van der Waals surface area contributed by atoms with E-state index in [1.807, 2.05) is 12.1 Å². The van der Waals surface area contributed by atoms with Crippen molar-refractivity contribution in [3.63, 3.8) is 0 Å². The largest absolute Gasteiger partial charge is 0.496 e. The van der Waals surface area contributed by atoms with E-state index in [2.05, 4.69) is 11.4 Å². The molecule has 0 saturated carbocycles. The first-order valence-corrected chi connectivity index (χ1v) is 5.22. The number of rotatable bonds is 3. The molecule has 0 radical (unpaired) electrons. The summed E-state index contributed by atoms with van der Waals surface area (Å²) in [5.41, 5.74) is 2.63. The minimum atomic E-state index is 0.439. The van der Waals surface area contributed by atoms with Gasteiger partial charge in [-0.1, -0.05) is 12.1 Å². The van der Waals surface area contributed by atoms with E-state index < -0.39 is 0 Å². The molecule has 1 aliphatic heterocycles. The van der Waals surface area contributed by atoms with Crippen LogP contribution in [0.5, 0.6) is 5.75 Å². The highest BCUT2D eigenvalue weighted by molar-refractivity contribution is 5.43. The topological polar surface area (TPSA) is 30.5 Å². The number of fused-ring (bicyclic) bond motifs is 1. The molecule has 1 N–H and O–H groups in total. The molecule has 15 heavy (non-hydrogen) atoms. The lowest BCUT2D eigenvalue weighted by atomic mass is 9.91. The molecule has 2 rings (SSSR count). The summed E-state index contributed by atoms with van der Waals surface area (Å²) in [6.07, 6.45) is 0. The van der Waals surface area contributed by atoms with Gasteiger partial charge < -0.3 is 14.8 Å². The van der Waals surface area contributed by atoms with E-state index in [0.717, 1.165) is 25.4 Å². The Kier molecular flexibility index (Phi) is 3.23. The molecular weight excluding hydrogens is 190 g/mol. The summed E-state index contributed by atoms with van der Waals surface area (Å²) in [5.74, 6) is 1.41. The first-order chi connectivity index (χ1) is 7.36. The van der Waals surface area contributed by atoms with Crippen molar-refractivity contribution in [3.8, 4) is 5.75 Å². The van der Waals surface area contributed by atoms with Crippen LogP contribution in [0.2, 0.25) is 0 Å².